The van der Waals surface area contributed by atoms with Gasteiger partial charge in [0.25, 0.3) is 11.8 Å². The summed E-state index contributed by atoms with van der Waals surface area (Å²) in [7, 11) is 0. The number of carbonyl (C=O) groups is 3. The molecule has 4 rings (SSSR count). The van der Waals surface area contributed by atoms with E-state index in [0.717, 1.165) is 12.1 Å². The summed E-state index contributed by atoms with van der Waals surface area (Å²) in [5, 5.41) is 7.15. The monoisotopic (exact) mass is 721 g/mol. The number of carbonyl (C=O) groups excluding carboxylic acids is 3. The average Bonchev–Trinajstić information content (AvgIpc) is 3.49. The number of halogens is 10. The smallest absolute Gasteiger partial charge is 0.257 e. The summed E-state index contributed by atoms with van der Waals surface area (Å²) in [6.07, 6.45) is 0. The Hall–Kier alpha value is -1.75. The minimum atomic E-state index is -1.60. The zero-order chi connectivity index (χ0) is 30.4. The van der Waals surface area contributed by atoms with Crippen molar-refractivity contribution in [3.63, 3.8) is 0 Å². The van der Waals surface area contributed by atoms with Crippen LogP contribution in [0, 0.1) is 17.6 Å². The van der Waals surface area contributed by atoms with E-state index in [1.165, 1.54) is 30.3 Å². The average molecular weight is 725 g/mol. The molecule has 3 N–H and O–H groups in total. The van der Waals surface area contributed by atoms with E-state index in [0.29, 0.717) is 5.56 Å². The van der Waals surface area contributed by atoms with Crippen molar-refractivity contribution in [2.24, 2.45) is 5.92 Å². The Morgan fingerprint density at radius 2 is 1.46 bits per heavy atom. The number of rotatable bonds is 7. The van der Waals surface area contributed by atoms with Crippen molar-refractivity contribution in [3.8, 4) is 0 Å². The van der Waals surface area contributed by atoms with Crippen LogP contribution >= 0.6 is 92.8 Å². The normalized spacial score (nSPS) is 17.2. The van der Waals surface area contributed by atoms with Gasteiger partial charge in [-0.1, -0.05) is 69.6 Å². The first kappa shape index (κ1) is 32.2. The molecular weight excluding hydrogens is 712 g/mol. The molecule has 3 amide bonds. The summed E-state index contributed by atoms with van der Waals surface area (Å²) in [6.45, 7) is 0. The highest BCUT2D eigenvalue weighted by Gasteiger charge is 2.67. The largest absolute Gasteiger partial charge is 0.326 e. The Balaban J connectivity index is 1.52. The van der Waals surface area contributed by atoms with Crippen LogP contribution in [0.1, 0.15) is 21.8 Å². The number of amides is 3. The van der Waals surface area contributed by atoms with Crippen LogP contribution in [-0.4, -0.2) is 26.9 Å². The zero-order valence-corrected chi connectivity index (χ0v) is 25.8. The lowest BCUT2D eigenvalue weighted by molar-refractivity contribution is -0.117. The van der Waals surface area contributed by atoms with Crippen LogP contribution < -0.4 is 16.0 Å². The van der Waals surface area contributed by atoms with Crippen molar-refractivity contribution in [1.29, 1.82) is 0 Å². The summed E-state index contributed by atoms with van der Waals surface area (Å²) in [6, 6.07) is 8.71. The number of hydrogen-bond acceptors (Lipinski definition) is 3. The van der Waals surface area contributed by atoms with Gasteiger partial charge < -0.3 is 16.0 Å². The van der Waals surface area contributed by atoms with E-state index < -0.39 is 61.7 Å². The van der Waals surface area contributed by atoms with Gasteiger partial charge in [-0.25, -0.2) is 8.78 Å². The maximum atomic E-state index is 14.9. The number of anilines is 3. The van der Waals surface area contributed by atoms with Gasteiger partial charge in [-0.3, -0.25) is 14.4 Å². The Morgan fingerprint density at radius 3 is 2.07 bits per heavy atom. The fraction of sp³-hybridized carbons (Fsp3) is 0.160. The fourth-order valence-electron chi connectivity index (χ4n) is 3.95. The Labute approximate surface area is 271 Å². The highest BCUT2D eigenvalue weighted by atomic mass is 35.5. The van der Waals surface area contributed by atoms with Crippen LogP contribution in [0.15, 0.2) is 42.5 Å². The molecule has 0 bridgehead atoms. The van der Waals surface area contributed by atoms with E-state index in [9.17, 15) is 23.2 Å². The first-order valence-electron chi connectivity index (χ1n) is 11.1. The van der Waals surface area contributed by atoms with Crippen molar-refractivity contribution in [2.45, 2.75) is 15.1 Å². The van der Waals surface area contributed by atoms with Crippen LogP contribution in [0.3, 0.4) is 0 Å². The van der Waals surface area contributed by atoms with Crippen molar-refractivity contribution >= 4 is 128 Å². The van der Waals surface area contributed by atoms with Gasteiger partial charge in [0.1, 0.15) is 15.8 Å². The van der Waals surface area contributed by atoms with Gasteiger partial charge in [0.15, 0.2) is 10.7 Å². The zero-order valence-electron chi connectivity index (χ0n) is 19.8. The highest BCUT2D eigenvalue weighted by molar-refractivity contribution is 6.55. The summed E-state index contributed by atoms with van der Waals surface area (Å²) >= 11 is 48.0. The van der Waals surface area contributed by atoms with Crippen molar-refractivity contribution < 1.29 is 23.2 Å². The second-order valence-electron chi connectivity index (χ2n) is 8.64. The molecule has 0 unspecified atom stereocenters. The van der Waals surface area contributed by atoms with Gasteiger partial charge in [-0.2, -0.15) is 0 Å². The number of benzene rings is 3. The summed E-state index contributed by atoms with van der Waals surface area (Å²) in [5.41, 5.74) is -0.913. The molecule has 0 aliphatic heterocycles. The Bertz CT molecular complexity index is 1560. The third-order valence-corrected chi connectivity index (χ3v) is 8.83. The van der Waals surface area contributed by atoms with Crippen LogP contribution in [-0.2, 0) is 9.59 Å². The molecule has 0 aromatic heterocycles. The summed E-state index contributed by atoms with van der Waals surface area (Å²) in [4.78, 5) is 36.1. The molecule has 1 aliphatic carbocycles. The third-order valence-electron chi connectivity index (χ3n) is 5.97. The summed E-state index contributed by atoms with van der Waals surface area (Å²) < 4.78 is 27.5. The van der Waals surface area contributed by atoms with Gasteiger partial charge in [0.2, 0.25) is 5.91 Å². The van der Waals surface area contributed by atoms with Crippen molar-refractivity contribution in [2.75, 3.05) is 16.0 Å². The molecule has 41 heavy (non-hydrogen) atoms. The maximum absolute atomic E-state index is 14.9. The standard InChI is InChI=1S/C25H13Cl8F2N3O3/c26-11-2-1-9(36-23(40)17-16(25(17,32)33)8-5-12(27)18(29)13(28)6-8)7-10(11)22(39)37-15-4-3-14(34)20(19(15)35)38-24(41)21(30)31/h1-7,16-17,21H,(H,36,40)(H,37,39)(H,38,41)/t16-,17+/m0/s1. The van der Waals surface area contributed by atoms with E-state index in [1.807, 2.05) is 5.32 Å². The number of hydrogen-bond donors (Lipinski definition) is 3. The van der Waals surface area contributed by atoms with Crippen molar-refractivity contribution in [3.05, 3.63) is 85.3 Å². The second kappa shape index (κ2) is 12.5. The first-order chi connectivity index (χ1) is 19.1. The quantitative estimate of drug-likeness (QED) is 0.168. The molecule has 6 nitrogen and oxygen atoms in total. The van der Waals surface area contributed by atoms with E-state index in [4.69, 9.17) is 92.8 Å². The minimum absolute atomic E-state index is 0.0533. The lowest BCUT2D eigenvalue weighted by atomic mass is 10.1. The highest BCUT2D eigenvalue weighted by Crippen LogP contribution is 2.65. The molecule has 1 aliphatic rings. The molecule has 3 aromatic carbocycles. The molecule has 0 radical (unpaired) electrons. The molecule has 16 heteroatoms. The van der Waals surface area contributed by atoms with Gasteiger partial charge >= 0.3 is 0 Å². The van der Waals surface area contributed by atoms with Gasteiger partial charge in [-0.15, -0.1) is 23.2 Å². The topological polar surface area (TPSA) is 87.3 Å². The van der Waals surface area contributed by atoms with Crippen LogP contribution in [0.25, 0.3) is 0 Å². The lowest BCUT2D eigenvalue weighted by Crippen LogP contribution is -2.21. The maximum Gasteiger partial charge on any atom is 0.257 e. The molecule has 1 saturated carbocycles. The molecule has 216 valence electrons. The van der Waals surface area contributed by atoms with Gasteiger partial charge in [-0.05, 0) is 48.0 Å². The fourth-order valence-corrected chi connectivity index (χ4v) is 5.70. The molecule has 1 fully saturated rings. The summed E-state index contributed by atoms with van der Waals surface area (Å²) in [5.74, 6) is -6.62. The van der Waals surface area contributed by atoms with Gasteiger partial charge in [0, 0.05) is 11.6 Å². The van der Waals surface area contributed by atoms with Gasteiger partial charge in [0.05, 0.1) is 37.3 Å². The van der Waals surface area contributed by atoms with Crippen molar-refractivity contribution in [1.82, 2.24) is 0 Å². The van der Waals surface area contributed by atoms with Crippen LogP contribution in [0.4, 0.5) is 25.8 Å². The predicted molar refractivity (Wildman–Crippen MR) is 161 cm³/mol. The van der Waals surface area contributed by atoms with Crippen LogP contribution in [0.5, 0.6) is 0 Å². The SMILES string of the molecule is O=C(Nc1ccc(F)c(NC(=O)C(Cl)Cl)c1F)c1cc(NC(=O)[C@H]2[C@H](c3cc(Cl)c(Cl)c(Cl)c3)C2(Cl)Cl)ccc1Cl. The predicted octanol–water partition coefficient (Wildman–Crippen LogP) is 9.10. The Morgan fingerprint density at radius 1 is 0.829 bits per heavy atom. The first-order valence-corrected chi connectivity index (χ1v) is 14.3. The van der Waals surface area contributed by atoms with E-state index in [2.05, 4.69) is 10.6 Å². The number of alkyl halides is 4. The molecule has 0 spiro atoms. The molecule has 3 aromatic rings. The minimum Gasteiger partial charge on any atom is -0.326 e. The number of nitrogens with one attached hydrogen (secondary N) is 3. The molecule has 0 heterocycles. The molecule has 0 saturated heterocycles. The lowest BCUT2D eigenvalue weighted by Gasteiger charge is -2.13. The second-order valence-corrected chi connectivity index (χ2v) is 12.8. The van der Waals surface area contributed by atoms with E-state index in [1.54, 1.807) is 0 Å². The van der Waals surface area contributed by atoms with Crippen LogP contribution in [0.2, 0.25) is 20.1 Å². The Kier molecular flexibility index (Phi) is 9.78. The molecular formula is C25H13Cl8F2N3O3. The molecule has 2 atom stereocenters. The van der Waals surface area contributed by atoms with E-state index >= 15 is 0 Å². The third kappa shape index (κ3) is 6.76. The van der Waals surface area contributed by atoms with E-state index in [-0.39, 0.29) is 31.3 Å².